The summed E-state index contributed by atoms with van der Waals surface area (Å²) >= 11 is 0. The Hall–Kier alpha value is -1.22. The predicted octanol–water partition coefficient (Wildman–Crippen LogP) is 4.10. The molecule has 3 heteroatoms. The smallest absolute Gasteiger partial charge is 0.128 e. The third-order valence-corrected chi connectivity index (χ3v) is 3.18. The van der Waals surface area contributed by atoms with Gasteiger partial charge in [-0.3, -0.25) is 0 Å². The number of rotatable bonds is 9. The largest absolute Gasteiger partial charge is 0.497 e. The van der Waals surface area contributed by atoms with E-state index in [9.17, 15) is 5.11 Å². The molecule has 1 aromatic carbocycles. The third kappa shape index (κ3) is 5.52. The van der Waals surface area contributed by atoms with Gasteiger partial charge in [0.1, 0.15) is 11.5 Å². The first-order valence-corrected chi connectivity index (χ1v) is 7.17. The Morgan fingerprint density at radius 3 is 2.53 bits per heavy atom. The van der Waals surface area contributed by atoms with Gasteiger partial charge in [0.15, 0.2) is 0 Å². The van der Waals surface area contributed by atoms with Crippen LogP contribution in [0.5, 0.6) is 11.5 Å². The van der Waals surface area contributed by atoms with E-state index in [0.29, 0.717) is 6.61 Å². The first kappa shape index (κ1) is 15.8. The highest BCUT2D eigenvalue weighted by Crippen LogP contribution is 2.29. The maximum absolute atomic E-state index is 9.72. The van der Waals surface area contributed by atoms with Crippen LogP contribution in [0.3, 0.4) is 0 Å². The fourth-order valence-electron chi connectivity index (χ4n) is 2.00. The highest BCUT2D eigenvalue weighted by atomic mass is 16.5. The second-order valence-electron chi connectivity index (χ2n) is 4.84. The van der Waals surface area contributed by atoms with Gasteiger partial charge in [0.05, 0.1) is 19.8 Å². The standard InChI is InChI=1S/C16H26O3/c1-4-5-6-7-8-11-19-16-12-14(18-3)9-10-15(16)13(2)17/h9-10,12-13,17H,4-8,11H2,1-3H3. The number of ether oxygens (including phenoxy) is 2. The van der Waals surface area contributed by atoms with Crippen LogP contribution in [0.4, 0.5) is 0 Å². The fraction of sp³-hybridized carbons (Fsp3) is 0.625. The molecule has 0 aliphatic carbocycles. The Morgan fingerprint density at radius 2 is 1.89 bits per heavy atom. The van der Waals surface area contributed by atoms with Crippen LogP contribution in [0, 0.1) is 0 Å². The molecule has 1 atom stereocenters. The van der Waals surface area contributed by atoms with Gasteiger partial charge < -0.3 is 14.6 Å². The van der Waals surface area contributed by atoms with Gasteiger partial charge in [0.2, 0.25) is 0 Å². The number of benzene rings is 1. The highest BCUT2D eigenvalue weighted by molar-refractivity contribution is 5.41. The van der Waals surface area contributed by atoms with Gasteiger partial charge in [-0.2, -0.15) is 0 Å². The summed E-state index contributed by atoms with van der Waals surface area (Å²) in [6, 6.07) is 5.54. The molecule has 0 saturated heterocycles. The molecule has 0 spiro atoms. The van der Waals surface area contributed by atoms with Gasteiger partial charge >= 0.3 is 0 Å². The molecule has 0 heterocycles. The van der Waals surface area contributed by atoms with Gasteiger partial charge in [-0.05, 0) is 25.5 Å². The summed E-state index contributed by atoms with van der Waals surface area (Å²) < 4.78 is 11.0. The fourth-order valence-corrected chi connectivity index (χ4v) is 2.00. The number of methoxy groups -OCH3 is 1. The average Bonchev–Trinajstić information content (AvgIpc) is 2.42. The maximum atomic E-state index is 9.72. The van der Waals surface area contributed by atoms with Crippen molar-refractivity contribution in [2.45, 2.75) is 52.1 Å². The first-order chi connectivity index (χ1) is 9.19. The van der Waals surface area contributed by atoms with E-state index in [1.54, 1.807) is 14.0 Å². The van der Waals surface area contributed by atoms with Crippen molar-refractivity contribution in [1.29, 1.82) is 0 Å². The number of hydrogen-bond donors (Lipinski definition) is 1. The molecule has 0 bridgehead atoms. The zero-order valence-electron chi connectivity index (χ0n) is 12.3. The normalized spacial score (nSPS) is 12.2. The molecule has 0 saturated carbocycles. The Morgan fingerprint density at radius 1 is 1.16 bits per heavy atom. The van der Waals surface area contributed by atoms with Crippen molar-refractivity contribution >= 4 is 0 Å². The third-order valence-electron chi connectivity index (χ3n) is 3.18. The predicted molar refractivity (Wildman–Crippen MR) is 77.9 cm³/mol. The van der Waals surface area contributed by atoms with E-state index in [2.05, 4.69) is 6.92 Å². The lowest BCUT2D eigenvalue weighted by atomic mass is 10.1. The zero-order valence-corrected chi connectivity index (χ0v) is 12.3. The van der Waals surface area contributed by atoms with Crippen molar-refractivity contribution in [2.24, 2.45) is 0 Å². The molecule has 0 amide bonds. The Bertz CT molecular complexity index is 361. The van der Waals surface area contributed by atoms with E-state index in [0.717, 1.165) is 23.5 Å². The van der Waals surface area contributed by atoms with E-state index >= 15 is 0 Å². The molecule has 0 aromatic heterocycles. The molecule has 0 fully saturated rings. The van der Waals surface area contributed by atoms with E-state index in [-0.39, 0.29) is 0 Å². The molecule has 108 valence electrons. The van der Waals surface area contributed by atoms with E-state index < -0.39 is 6.10 Å². The minimum absolute atomic E-state index is 0.527. The van der Waals surface area contributed by atoms with Crippen LogP contribution < -0.4 is 9.47 Å². The van der Waals surface area contributed by atoms with Crippen LogP contribution >= 0.6 is 0 Å². The molecule has 3 nitrogen and oxygen atoms in total. The van der Waals surface area contributed by atoms with Gasteiger partial charge in [0, 0.05) is 11.6 Å². The Balaban J connectivity index is 2.50. The topological polar surface area (TPSA) is 38.7 Å². The lowest BCUT2D eigenvalue weighted by Gasteiger charge is -2.14. The molecule has 0 aliphatic rings. The second kappa shape index (κ2) is 8.81. The number of hydrogen-bond acceptors (Lipinski definition) is 3. The van der Waals surface area contributed by atoms with Gasteiger partial charge in [0.25, 0.3) is 0 Å². The lowest BCUT2D eigenvalue weighted by Crippen LogP contribution is -2.03. The van der Waals surface area contributed by atoms with Gasteiger partial charge in [-0.25, -0.2) is 0 Å². The summed E-state index contributed by atoms with van der Waals surface area (Å²) in [4.78, 5) is 0. The number of aliphatic hydroxyl groups excluding tert-OH is 1. The molecular weight excluding hydrogens is 240 g/mol. The average molecular weight is 266 g/mol. The Kier molecular flexibility index (Phi) is 7.34. The molecule has 1 aromatic rings. The molecule has 1 unspecified atom stereocenters. The monoisotopic (exact) mass is 266 g/mol. The van der Waals surface area contributed by atoms with Crippen LogP contribution in [-0.4, -0.2) is 18.8 Å². The van der Waals surface area contributed by atoms with Crippen molar-refractivity contribution in [3.8, 4) is 11.5 Å². The molecule has 0 aliphatic heterocycles. The minimum Gasteiger partial charge on any atom is -0.497 e. The molecule has 19 heavy (non-hydrogen) atoms. The van der Waals surface area contributed by atoms with Crippen LogP contribution in [0.1, 0.15) is 57.6 Å². The minimum atomic E-state index is -0.527. The maximum Gasteiger partial charge on any atom is 0.128 e. The quantitative estimate of drug-likeness (QED) is 0.684. The van der Waals surface area contributed by atoms with Gasteiger partial charge in [-0.1, -0.05) is 32.6 Å². The summed E-state index contributed by atoms with van der Waals surface area (Å²) in [5, 5.41) is 9.72. The van der Waals surface area contributed by atoms with Crippen molar-refractivity contribution in [1.82, 2.24) is 0 Å². The van der Waals surface area contributed by atoms with Crippen LogP contribution in [0.15, 0.2) is 18.2 Å². The van der Waals surface area contributed by atoms with E-state index in [1.807, 2.05) is 18.2 Å². The van der Waals surface area contributed by atoms with Crippen LogP contribution in [0.25, 0.3) is 0 Å². The summed E-state index contributed by atoms with van der Waals surface area (Å²) in [5.74, 6) is 1.48. The summed E-state index contributed by atoms with van der Waals surface area (Å²) in [5.41, 5.74) is 0.814. The summed E-state index contributed by atoms with van der Waals surface area (Å²) in [7, 11) is 1.63. The van der Waals surface area contributed by atoms with Crippen LogP contribution in [-0.2, 0) is 0 Å². The summed E-state index contributed by atoms with van der Waals surface area (Å²) in [6.07, 6.45) is 5.53. The van der Waals surface area contributed by atoms with E-state index in [4.69, 9.17) is 9.47 Å². The lowest BCUT2D eigenvalue weighted by molar-refractivity contribution is 0.190. The molecule has 1 N–H and O–H groups in total. The van der Waals surface area contributed by atoms with Crippen molar-refractivity contribution < 1.29 is 14.6 Å². The zero-order chi connectivity index (χ0) is 14.1. The van der Waals surface area contributed by atoms with Crippen molar-refractivity contribution in [2.75, 3.05) is 13.7 Å². The summed E-state index contributed by atoms with van der Waals surface area (Å²) in [6.45, 7) is 4.65. The number of aliphatic hydroxyl groups is 1. The van der Waals surface area contributed by atoms with Crippen molar-refractivity contribution in [3.05, 3.63) is 23.8 Å². The first-order valence-electron chi connectivity index (χ1n) is 7.17. The van der Waals surface area contributed by atoms with Gasteiger partial charge in [-0.15, -0.1) is 0 Å². The Labute approximate surface area is 116 Å². The second-order valence-corrected chi connectivity index (χ2v) is 4.84. The number of unbranched alkanes of at least 4 members (excludes halogenated alkanes) is 4. The molecular formula is C16H26O3. The molecule has 1 rings (SSSR count). The van der Waals surface area contributed by atoms with E-state index in [1.165, 1.54) is 25.7 Å². The molecule has 0 radical (unpaired) electrons. The SMILES string of the molecule is CCCCCCCOc1cc(OC)ccc1C(C)O. The van der Waals surface area contributed by atoms with Crippen molar-refractivity contribution in [3.63, 3.8) is 0 Å². The van der Waals surface area contributed by atoms with Crippen LogP contribution in [0.2, 0.25) is 0 Å². The highest BCUT2D eigenvalue weighted by Gasteiger charge is 2.10.